The molecule has 0 radical (unpaired) electrons. The highest BCUT2D eigenvalue weighted by Gasteiger charge is 2.23. The van der Waals surface area contributed by atoms with Crippen LogP contribution in [0.5, 0.6) is 5.75 Å². The van der Waals surface area contributed by atoms with Crippen LogP contribution in [0.15, 0.2) is 37.2 Å². The number of nitrogens with zero attached hydrogens (tertiary/aromatic N) is 6. The van der Waals surface area contributed by atoms with E-state index in [1.165, 1.54) is 6.08 Å². The summed E-state index contributed by atoms with van der Waals surface area (Å²) in [6.45, 7) is 12.4. The van der Waals surface area contributed by atoms with Gasteiger partial charge in [-0.1, -0.05) is 6.58 Å². The van der Waals surface area contributed by atoms with Crippen molar-refractivity contribution in [3.8, 4) is 11.6 Å². The van der Waals surface area contributed by atoms with E-state index < -0.39 is 0 Å². The van der Waals surface area contributed by atoms with E-state index in [0.717, 1.165) is 42.0 Å². The number of benzene rings is 1. The Hall–Kier alpha value is -4.00. The lowest BCUT2D eigenvalue weighted by atomic mass is 10.1. The van der Waals surface area contributed by atoms with Crippen molar-refractivity contribution in [3.05, 3.63) is 54.0 Å². The van der Waals surface area contributed by atoms with Crippen LogP contribution < -0.4 is 20.3 Å². The van der Waals surface area contributed by atoms with Crippen LogP contribution in [-0.4, -0.2) is 88.3 Å². The zero-order valence-electron chi connectivity index (χ0n) is 23.2. The van der Waals surface area contributed by atoms with Crippen LogP contribution in [0.1, 0.15) is 23.2 Å². The van der Waals surface area contributed by atoms with Gasteiger partial charge in [0.2, 0.25) is 11.9 Å². The third-order valence-electron chi connectivity index (χ3n) is 7.16. The van der Waals surface area contributed by atoms with Crippen molar-refractivity contribution < 1.29 is 19.4 Å². The van der Waals surface area contributed by atoms with Gasteiger partial charge in [0.25, 0.3) is 0 Å². The molecule has 5 rings (SSSR count). The Kier molecular flexibility index (Phi) is 8.29. The predicted octanol–water partition coefficient (Wildman–Crippen LogP) is 2.56. The molecule has 4 heterocycles. The fraction of sp³-hybridized carbons (Fsp3) is 0.429. The molecule has 12 heteroatoms. The molecule has 0 saturated carbocycles. The van der Waals surface area contributed by atoms with Crippen molar-refractivity contribution in [2.45, 2.75) is 32.9 Å². The molecule has 3 aromatic rings. The molecule has 3 N–H and O–H groups in total. The van der Waals surface area contributed by atoms with Gasteiger partial charge in [-0.25, -0.2) is 9.67 Å². The highest BCUT2D eigenvalue weighted by molar-refractivity contribution is 6.02. The van der Waals surface area contributed by atoms with Crippen molar-refractivity contribution in [1.82, 2.24) is 24.6 Å². The van der Waals surface area contributed by atoms with Gasteiger partial charge in [-0.05, 0) is 32.4 Å². The number of anilines is 4. The maximum atomic E-state index is 12.3. The van der Waals surface area contributed by atoms with Crippen LogP contribution in [0, 0.1) is 13.8 Å². The minimum Gasteiger partial charge on any atom is -0.494 e. The van der Waals surface area contributed by atoms with Crippen LogP contribution in [0.4, 0.5) is 23.0 Å². The molecule has 2 fully saturated rings. The van der Waals surface area contributed by atoms with Gasteiger partial charge in [-0.3, -0.25) is 9.69 Å². The summed E-state index contributed by atoms with van der Waals surface area (Å²) in [4.78, 5) is 25.9. The number of aromatic nitrogens is 4. The van der Waals surface area contributed by atoms with Gasteiger partial charge in [0.15, 0.2) is 5.82 Å². The molecule has 212 valence electrons. The van der Waals surface area contributed by atoms with Crippen LogP contribution >= 0.6 is 0 Å². The van der Waals surface area contributed by atoms with Gasteiger partial charge >= 0.3 is 0 Å². The SMILES string of the molecule is C=CC(=O)Nc1cc(Nc2ncc(C)c(-n3cc(CN4CC[C@@H](O)C4)c(C)n3)n2)c(OC)cc1N1CCOCC1. The lowest BCUT2D eigenvalue weighted by molar-refractivity contribution is -0.111. The van der Waals surface area contributed by atoms with E-state index in [0.29, 0.717) is 61.7 Å². The minimum absolute atomic E-state index is 0.265. The quantitative estimate of drug-likeness (QED) is 0.343. The largest absolute Gasteiger partial charge is 0.494 e. The fourth-order valence-electron chi connectivity index (χ4n) is 4.99. The lowest BCUT2D eigenvalue weighted by Gasteiger charge is -2.31. The predicted molar refractivity (Wildman–Crippen MR) is 153 cm³/mol. The number of rotatable bonds is 9. The smallest absolute Gasteiger partial charge is 0.247 e. The van der Waals surface area contributed by atoms with Gasteiger partial charge in [0.05, 0.1) is 49.2 Å². The second-order valence-corrected chi connectivity index (χ2v) is 10.0. The molecule has 2 aliphatic heterocycles. The molecule has 1 aromatic carbocycles. The van der Waals surface area contributed by atoms with Gasteiger partial charge in [-0.15, -0.1) is 0 Å². The zero-order valence-corrected chi connectivity index (χ0v) is 23.2. The molecule has 2 aliphatic rings. The van der Waals surface area contributed by atoms with Crippen molar-refractivity contribution in [2.75, 3.05) is 62.0 Å². The standard InChI is InChI=1S/C28H36N8O4/c1-5-26(38)30-22-12-23(25(39-4)13-24(22)35-8-10-40-11-9-35)31-28-29-14-18(2)27(32-28)36-16-20(19(3)33-36)15-34-7-6-21(37)17-34/h5,12-14,16,21,37H,1,6-11,15,17H2,2-4H3,(H,30,38)(H,29,31,32)/t21-/m1/s1. The maximum absolute atomic E-state index is 12.3. The molecule has 2 saturated heterocycles. The summed E-state index contributed by atoms with van der Waals surface area (Å²) in [5.74, 6) is 1.27. The average molecular weight is 549 g/mol. The number of hydrogen-bond acceptors (Lipinski definition) is 10. The van der Waals surface area contributed by atoms with Crippen LogP contribution in [-0.2, 0) is 16.1 Å². The number of carbonyl (C=O) groups is 1. The van der Waals surface area contributed by atoms with Crippen molar-refractivity contribution >= 4 is 28.9 Å². The molecule has 40 heavy (non-hydrogen) atoms. The first kappa shape index (κ1) is 27.6. The molecular weight excluding hydrogens is 512 g/mol. The lowest BCUT2D eigenvalue weighted by Crippen LogP contribution is -2.36. The number of amides is 1. The minimum atomic E-state index is -0.312. The summed E-state index contributed by atoms with van der Waals surface area (Å²) in [5, 5.41) is 20.8. The van der Waals surface area contributed by atoms with Gasteiger partial charge < -0.3 is 30.1 Å². The molecular formula is C28H36N8O4. The monoisotopic (exact) mass is 548 g/mol. The summed E-state index contributed by atoms with van der Waals surface area (Å²) in [6, 6.07) is 3.70. The Morgan fingerprint density at radius 2 is 2.05 bits per heavy atom. The molecule has 2 aromatic heterocycles. The zero-order chi connectivity index (χ0) is 28.2. The summed E-state index contributed by atoms with van der Waals surface area (Å²) in [5.41, 5.74) is 4.91. The molecule has 0 aliphatic carbocycles. The topological polar surface area (TPSA) is 130 Å². The average Bonchev–Trinajstić information content (AvgIpc) is 3.54. The summed E-state index contributed by atoms with van der Waals surface area (Å²) in [6.07, 6.45) is 5.50. The Morgan fingerprint density at radius 1 is 1.25 bits per heavy atom. The number of hydrogen-bond donors (Lipinski definition) is 3. The number of likely N-dealkylation sites (tertiary alicyclic amines) is 1. The number of nitrogens with one attached hydrogen (secondary N) is 2. The fourth-order valence-corrected chi connectivity index (χ4v) is 4.99. The van der Waals surface area contributed by atoms with E-state index >= 15 is 0 Å². The number of aryl methyl sites for hydroxylation is 2. The Balaban J connectivity index is 1.44. The Morgan fingerprint density at radius 3 is 2.75 bits per heavy atom. The van der Waals surface area contributed by atoms with E-state index in [1.807, 2.05) is 32.2 Å². The van der Waals surface area contributed by atoms with Crippen molar-refractivity contribution in [3.63, 3.8) is 0 Å². The van der Waals surface area contributed by atoms with E-state index in [-0.39, 0.29) is 12.0 Å². The number of aliphatic hydroxyl groups excluding tert-OH is 1. The molecule has 0 bridgehead atoms. The second-order valence-electron chi connectivity index (χ2n) is 10.0. The number of β-amino-alcohol motifs (C(OH)–C–C–N with tert-alkyl or cyclic N) is 1. The molecule has 0 spiro atoms. The highest BCUT2D eigenvalue weighted by atomic mass is 16.5. The third-order valence-corrected chi connectivity index (χ3v) is 7.16. The van der Waals surface area contributed by atoms with Crippen LogP contribution in [0.3, 0.4) is 0 Å². The van der Waals surface area contributed by atoms with Crippen molar-refractivity contribution in [2.24, 2.45) is 0 Å². The van der Waals surface area contributed by atoms with Gasteiger partial charge in [0, 0.05) is 62.3 Å². The number of aliphatic hydroxyl groups is 1. The van der Waals surface area contributed by atoms with Gasteiger partial charge in [0.1, 0.15) is 5.75 Å². The summed E-state index contributed by atoms with van der Waals surface area (Å²) < 4.78 is 13.0. The summed E-state index contributed by atoms with van der Waals surface area (Å²) >= 11 is 0. The first-order valence-electron chi connectivity index (χ1n) is 13.4. The first-order valence-corrected chi connectivity index (χ1v) is 13.4. The number of carbonyl (C=O) groups excluding carboxylic acids is 1. The second kappa shape index (κ2) is 12.0. The maximum Gasteiger partial charge on any atom is 0.247 e. The Labute approximate surface area is 233 Å². The summed E-state index contributed by atoms with van der Waals surface area (Å²) in [7, 11) is 1.60. The number of morpholine rings is 1. The van der Waals surface area contributed by atoms with Crippen LogP contribution in [0.2, 0.25) is 0 Å². The van der Waals surface area contributed by atoms with Crippen molar-refractivity contribution in [1.29, 1.82) is 0 Å². The van der Waals surface area contributed by atoms with E-state index in [4.69, 9.17) is 19.6 Å². The van der Waals surface area contributed by atoms with Gasteiger partial charge in [-0.2, -0.15) is 10.1 Å². The van der Waals surface area contributed by atoms with Crippen LogP contribution in [0.25, 0.3) is 5.82 Å². The molecule has 0 unspecified atom stereocenters. The molecule has 1 atom stereocenters. The third kappa shape index (κ3) is 6.09. The Bertz CT molecular complexity index is 1380. The van der Waals surface area contributed by atoms with E-state index in [2.05, 4.69) is 32.0 Å². The van der Waals surface area contributed by atoms with E-state index in [1.54, 1.807) is 18.0 Å². The normalized spacial score (nSPS) is 17.6. The highest BCUT2D eigenvalue weighted by Crippen LogP contribution is 2.38. The molecule has 12 nitrogen and oxygen atoms in total. The number of methoxy groups -OCH3 is 1. The van der Waals surface area contributed by atoms with E-state index in [9.17, 15) is 9.90 Å². The number of ether oxygens (including phenoxy) is 2. The first-order chi connectivity index (χ1) is 19.3. The molecule has 1 amide bonds.